The lowest BCUT2D eigenvalue weighted by molar-refractivity contribution is -0.117. The lowest BCUT2D eigenvalue weighted by Gasteiger charge is -2.09. The van der Waals surface area contributed by atoms with Crippen molar-refractivity contribution in [2.24, 2.45) is 5.10 Å². The van der Waals surface area contributed by atoms with Crippen LogP contribution >= 0.6 is 31.9 Å². The molecule has 162 valence electrons. The molecule has 0 aliphatic carbocycles. The van der Waals surface area contributed by atoms with Gasteiger partial charge in [-0.25, -0.2) is 5.43 Å². The lowest BCUT2D eigenvalue weighted by Crippen LogP contribution is -2.33. The Morgan fingerprint density at radius 1 is 1.00 bits per heavy atom. The van der Waals surface area contributed by atoms with E-state index < -0.39 is 11.8 Å². The van der Waals surface area contributed by atoms with Crippen LogP contribution in [0, 0.1) is 0 Å². The van der Waals surface area contributed by atoms with Crippen LogP contribution in [0.2, 0.25) is 0 Å². The number of hydrogen-bond donors (Lipinski definition) is 2. The largest absolute Gasteiger partial charge is 0.447 e. The minimum absolute atomic E-state index is 0.0579. The van der Waals surface area contributed by atoms with Crippen LogP contribution in [0.5, 0.6) is 0 Å². The Bertz CT molecular complexity index is 1160. The highest BCUT2D eigenvalue weighted by molar-refractivity contribution is 9.13. The summed E-state index contributed by atoms with van der Waals surface area (Å²) in [4.78, 5) is 25.4. The molecular weight excluding hydrogens is 538 g/mol. The number of rotatable bonds is 7. The lowest BCUT2D eigenvalue weighted by atomic mass is 10.1. The molecule has 0 fully saturated rings. The van der Waals surface area contributed by atoms with Crippen LogP contribution in [0.3, 0.4) is 0 Å². The standard InChI is InChI=1S/C24H19Br2N3O3/c1-16(12-17-8-4-2-5-9-17)13-21(28-23(30)18-10-6-3-7-11-18)24(31)29-27-15-19-14-20(25)22(26)32-19/h2-15H,1H3,(H,28,30)(H,29,31). The molecule has 0 unspecified atom stereocenters. The highest BCUT2D eigenvalue weighted by Crippen LogP contribution is 2.25. The Kier molecular flexibility index (Phi) is 8.35. The second kappa shape index (κ2) is 11.4. The third kappa shape index (κ3) is 6.90. The predicted molar refractivity (Wildman–Crippen MR) is 132 cm³/mol. The van der Waals surface area contributed by atoms with Crippen LogP contribution in [-0.4, -0.2) is 18.0 Å². The van der Waals surface area contributed by atoms with Crippen molar-refractivity contribution < 1.29 is 14.0 Å². The van der Waals surface area contributed by atoms with Crippen molar-refractivity contribution in [3.63, 3.8) is 0 Å². The monoisotopic (exact) mass is 555 g/mol. The SMILES string of the molecule is CC(=Cc1ccccc1)C=C(NC(=O)c1ccccc1)C(=O)NN=Cc1cc(Br)c(Br)o1. The summed E-state index contributed by atoms with van der Waals surface area (Å²) >= 11 is 6.55. The van der Waals surface area contributed by atoms with Gasteiger partial charge in [0.1, 0.15) is 11.5 Å². The van der Waals surface area contributed by atoms with Gasteiger partial charge in [-0.3, -0.25) is 9.59 Å². The van der Waals surface area contributed by atoms with Crippen LogP contribution < -0.4 is 10.7 Å². The number of hydrogen-bond acceptors (Lipinski definition) is 4. The van der Waals surface area contributed by atoms with E-state index in [2.05, 4.69) is 47.7 Å². The van der Waals surface area contributed by atoms with E-state index >= 15 is 0 Å². The molecular formula is C24H19Br2N3O3. The molecule has 3 rings (SSSR count). The van der Waals surface area contributed by atoms with E-state index in [1.165, 1.54) is 6.21 Å². The van der Waals surface area contributed by atoms with E-state index in [0.717, 1.165) is 15.6 Å². The molecule has 3 aromatic rings. The molecule has 0 saturated heterocycles. The molecule has 0 bridgehead atoms. The van der Waals surface area contributed by atoms with Gasteiger partial charge in [0.15, 0.2) is 4.67 Å². The Hall–Kier alpha value is -3.23. The fraction of sp³-hybridized carbons (Fsp3) is 0.0417. The molecule has 0 aliphatic heterocycles. The van der Waals surface area contributed by atoms with Crippen molar-refractivity contribution in [3.8, 4) is 0 Å². The summed E-state index contributed by atoms with van der Waals surface area (Å²) in [6, 6.07) is 20.0. The average Bonchev–Trinajstić information content (AvgIpc) is 3.11. The minimum Gasteiger partial charge on any atom is -0.447 e. The fourth-order valence-electron chi connectivity index (χ4n) is 2.67. The van der Waals surface area contributed by atoms with Crippen molar-refractivity contribution in [1.29, 1.82) is 0 Å². The molecule has 0 aliphatic rings. The number of halogens is 2. The maximum absolute atomic E-state index is 12.8. The highest BCUT2D eigenvalue weighted by atomic mass is 79.9. The van der Waals surface area contributed by atoms with Crippen LogP contribution in [0.15, 0.2) is 103 Å². The smallest absolute Gasteiger partial charge is 0.287 e. The first-order chi connectivity index (χ1) is 15.4. The van der Waals surface area contributed by atoms with Gasteiger partial charge in [-0.15, -0.1) is 0 Å². The Morgan fingerprint density at radius 3 is 2.28 bits per heavy atom. The summed E-state index contributed by atoms with van der Waals surface area (Å²) in [6.45, 7) is 1.84. The van der Waals surface area contributed by atoms with Crippen LogP contribution in [0.1, 0.15) is 28.6 Å². The first kappa shape index (κ1) is 23.4. The van der Waals surface area contributed by atoms with Gasteiger partial charge in [-0.1, -0.05) is 54.6 Å². The van der Waals surface area contributed by atoms with E-state index in [9.17, 15) is 9.59 Å². The van der Waals surface area contributed by atoms with Gasteiger partial charge in [0.05, 0.1) is 10.7 Å². The van der Waals surface area contributed by atoms with Gasteiger partial charge < -0.3 is 9.73 Å². The topological polar surface area (TPSA) is 83.7 Å². The Morgan fingerprint density at radius 2 is 1.66 bits per heavy atom. The normalized spacial score (nSPS) is 12.1. The van der Waals surface area contributed by atoms with Gasteiger partial charge in [0.2, 0.25) is 0 Å². The first-order valence-corrected chi connectivity index (χ1v) is 11.1. The third-order valence-corrected chi connectivity index (χ3v) is 5.83. The average molecular weight is 557 g/mol. The Balaban J connectivity index is 1.80. The highest BCUT2D eigenvalue weighted by Gasteiger charge is 2.14. The minimum atomic E-state index is -0.573. The van der Waals surface area contributed by atoms with Gasteiger partial charge in [0, 0.05) is 11.6 Å². The second-order valence-electron chi connectivity index (χ2n) is 6.65. The molecule has 2 aromatic carbocycles. The van der Waals surface area contributed by atoms with E-state index in [1.54, 1.807) is 36.4 Å². The second-order valence-corrected chi connectivity index (χ2v) is 8.22. The van der Waals surface area contributed by atoms with Crippen LogP contribution in [0.25, 0.3) is 6.08 Å². The molecule has 1 aromatic heterocycles. The fourth-order valence-corrected chi connectivity index (χ4v) is 3.27. The maximum Gasteiger partial charge on any atom is 0.287 e. The molecule has 2 amide bonds. The van der Waals surface area contributed by atoms with Crippen LogP contribution in [0.4, 0.5) is 0 Å². The molecule has 0 radical (unpaired) electrons. The molecule has 6 nitrogen and oxygen atoms in total. The van der Waals surface area contributed by atoms with E-state index in [0.29, 0.717) is 16.0 Å². The molecule has 2 N–H and O–H groups in total. The third-order valence-electron chi connectivity index (χ3n) is 4.12. The van der Waals surface area contributed by atoms with Crippen molar-refractivity contribution in [3.05, 3.63) is 110 Å². The number of hydrazone groups is 1. The van der Waals surface area contributed by atoms with Crippen molar-refractivity contribution in [1.82, 2.24) is 10.7 Å². The van der Waals surface area contributed by atoms with Crippen molar-refractivity contribution in [2.75, 3.05) is 0 Å². The molecule has 0 saturated carbocycles. The first-order valence-electron chi connectivity index (χ1n) is 9.52. The zero-order chi connectivity index (χ0) is 22.9. The number of nitrogens with zero attached hydrogens (tertiary/aromatic N) is 1. The molecule has 32 heavy (non-hydrogen) atoms. The summed E-state index contributed by atoms with van der Waals surface area (Å²) in [5, 5.41) is 6.59. The number of carbonyl (C=O) groups excluding carboxylic acids is 2. The predicted octanol–water partition coefficient (Wildman–Crippen LogP) is 5.67. The van der Waals surface area contributed by atoms with Crippen molar-refractivity contribution in [2.45, 2.75) is 6.92 Å². The van der Waals surface area contributed by atoms with E-state index in [4.69, 9.17) is 4.42 Å². The Labute approximate surface area is 202 Å². The number of amides is 2. The number of nitrogens with one attached hydrogen (secondary N) is 2. The van der Waals surface area contributed by atoms with Crippen LogP contribution in [-0.2, 0) is 4.79 Å². The summed E-state index contributed by atoms with van der Waals surface area (Å²) in [6.07, 6.45) is 4.86. The summed E-state index contributed by atoms with van der Waals surface area (Å²) < 4.78 is 6.63. The number of allylic oxidation sites excluding steroid dienone is 2. The van der Waals surface area contributed by atoms with Gasteiger partial charge >= 0.3 is 0 Å². The molecule has 0 spiro atoms. The zero-order valence-corrected chi connectivity index (χ0v) is 20.2. The maximum atomic E-state index is 12.8. The summed E-state index contributed by atoms with van der Waals surface area (Å²) in [5.41, 5.74) is 4.66. The number of furan rings is 1. The van der Waals surface area contributed by atoms with E-state index in [1.807, 2.05) is 49.4 Å². The molecule has 0 atom stereocenters. The van der Waals surface area contributed by atoms with Crippen molar-refractivity contribution >= 4 is 56.0 Å². The van der Waals surface area contributed by atoms with E-state index in [-0.39, 0.29) is 5.70 Å². The summed E-state index contributed by atoms with van der Waals surface area (Å²) in [7, 11) is 0. The quantitative estimate of drug-likeness (QED) is 0.170. The zero-order valence-electron chi connectivity index (χ0n) is 17.0. The van der Waals surface area contributed by atoms with Gasteiger partial charge in [-0.2, -0.15) is 5.10 Å². The van der Waals surface area contributed by atoms with Gasteiger partial charge in [0.25, 0.3) is 11.8 Å². The number of carbonyl (C=O) groups is 2. The summed E-state index contributed by atoms with van der Waals surface area (Å²) in [5.74, 6) is -0.540. The number of benzene rings is 2. The van der Waals surface area contributed by atoms with Gasteiger partial charge in [-0.05, 0) is 68.1 Å². The molecule has 1 heterocycles. The molecule has 8 heteroatoms.